The van der Waals surface area contributed by atoms with Crippen LogP contribution in [0.1, 0.15) is 80.9 Å². The highest BCUT2D eigenvalue weighted by Crippen LogP contribution is 2.62. The Kier molecular flexibility index (Phi) is 16.7. The van der Waals surface area contributed by atoms with E-state index in [1.807, 2.05) is 43.3 Å². The highest BCUT2D eigenvalue weighted by molar-refractivity contribution is 6.03. The normalized spacial score (nSPS) is 22.9. The highest BCUT2D eigenvalue weighted by atomic mass is 19.1. The molecule has 6 rings (SSSR count). The lowest BCUT2D eigenvalue weighted by molar-refractivity contribution is -0.256. The van der Waals surface area contributed by atoms with Gasteiger partial charge in [-0.2, -0.15) is 0 Å². The topological polar surface area (TPSA) is 148 Å². The zero-order valence-corrected chi connectivity index (χ0v) is 35.6. The molecule has 62 heavy (non-hydrogen) atoms. The number of fused-ring (bicyclic) bond motifs is 2. The Balaban J connectivity index is 1.60. The minimum atomic E-state index is -1.57. The summed E-state index contributed by atoms with van der Waals surface area (Å²) in [4.78, 5) is 35.1. The van der Waals surface area contributed by atoms with Crippen LogP contribution < -0.4 is 14.8 Å². The Hall–Kier alpha value is -5.50. The Morgan fingerprint density at radius 2 is 1.74 bits per heavy atom. The zero-order chi connectivity index (χ0) is 43.9. The summed E-state index contributed by atoms with van der Waals surface area (Å²) in [6.07, 6.45) is 9.11. The van der Waals surface area contributed by atoms with Gasteiger partial charge in [0.2, 0.25) is 5.79 Å². The summed E-state index contributed by atoms with van der Waals surface area (Å²) < 4.78 is 40.3. The number of oxime groups is 1. The van der Waals surface area contributed by atoms with E-state index in [0.29, 0.717) is 48.6 Å². The van der Waals surface area contributed by atoms with Gasteiger partial charge < -0.3 is 39.3 Å². The first-order chi connectivity index (χ1) is 30.3. The summed E-state index contributed by atoms with van der Waals surface area (Å²) in [6.45, 7) is 10.4. The minimum Gasteiger partial charge on any atom is -0.459 e. The third kappa shape index (κ3) is 10.9. The van der Waals surface area contributed by atoms with E-state index in [-0.39, 0.29) is 63.8 Å². The summed E-state index contributed by atoms with van der Waals surface area (Å²) in [5.74, 6) is -2.19. The van der Waals surface area contributed by atoms with Crippen LogP contribution in [0, 0.1) is 23.6 Å². The van der Waals surface area contributed by atoms with Gasteiger partial charge in [-0.15, -0.1) is 13.2 Å². The molecule has 0 spiro atoms. The maximum atomic E-state index is 14.6. The number of hydrogen-bond donors (Lipinski definition) is 3. The van der Waals surface area contributed by atoms with Crippen molar-refractivity contribution in [3.8, 4) is 11.5 Å². The number of amides is 2. The molecule has 0 radical (unpaired) electrons. The van der Waals surface area contributed by atoms with Crippen molar-refractivity contribution in [2.75, 3.05) is 33.0 Å². The molecule has 0 aromatic heterocycles. The minimum absolute atomic E-state index is 0.0115. The number of unbranched alkanes of at least 4 members (excludes halogenated alkanes) is 2. The molecule has 0 saturated heterocycles. The number of carbonyl (C=O) groups is 2. The van der Waals surface area contributed by atoms with Crippen molar-refractivity contribution in [1.82, 2.24) is 10.2 Å². The number of rotatable bonds is 22. The van der Waals surface area contributed by atoms with Crippen molar-refractivity contribution in [3.63, 3.8) is 0 Å². The van der Waals surface area contributed by atoms with E-state index in [1.165, 1.54) is 12.1 Å². The van der Waals surface area contributed by atoms with E-state index in [1.54, 1.807) is 41.3 Å². The van der Waals surface area contributed by atoms with Crippen molar-refractivity contribution in [2.24, 2.45) is 22.9 Å². The number of ether oxygens (including phenoxy) is 4. The van der Waals surface area contributed by atoms with Crippen LogP contribution >= 0.6 is 0 Å². The monoisotopic (exact) mass is 853 g/mol. The predicted octanol–water partition coefficient (Wildman–Crippen LogP) is 8.98. The van der Waals surface area contributed by atoms with E-state index < -0.39 is 35.8 Å². The molecule has 3 N–H and O–H groups in total. The number of hydrogen-bond acceptors (Lipinski definition) is 10. The average Bonchev–Trinajstić information content (AvgIpc) is 3.27. The molecule has 0 bridgehead atoms. The Labute approximate surface area is 364 Å². The molecule has 3 aromatic carbocycles. The van der Waals surface area contributed by atoms with Gasteiger partial charge in [0, 0.05) is 44.2 Å². The van der Waals surface area contributed by atoms with Crippen LogP contribution in [0.2, 0.25) is 0 Å². The summed E-state index contributed by atoms with van der Waals surface area (Å²) in [5.41, 5.74) is 3.82. The summed E-state index contributed by atoms with van der Waals surface area (Å²) in [5, 5.41) is 27.4. The molecule has 6 unspecified atom stereocenters. The summed E-state index contributed by atoms with van der Waals surface area (Å²) in [7, 11) is 0. The molecule has 1 fully saturated rings. The molecular formula is C49H60FN3O9. The number of carbonyl (C=O) groups excluding carboxylic acids is 2. The van der Waals surface area contributed by atoms with Gasteiger partial charge in [0.1, 0.15) is 30.0 Å². The Morgan fingerprint density at radius 1 is 0.984 bits per heavy atom. The number of benzene rings is 3. The lowest BCUT2D eigenvalue weighted by Gasteiger charge is -2.59. The molecule has 2 aliphatic carbocycles. The van der Waals surface area contributed by atoms with Gasteiger partial charge in [0.25, 0.3) is 0 Å². The van der Waals surface area contributed by atoms with Gasteiger partial charge in [0.05, 0.1) is 24.8 Å². The molecular weight excluding hydrogens is 794 g/mol. The first kappa shape index (κ1) is 46.0. The molecule has 332 valence electrons. The first-order valence-corrected chi connectivity index (χ1v) is 21.8. The molecule has 6 atom stereocenters. The maximum absolute atomic E-state index is 14.6. The fraction of sp³-hybridized carbons (Fsp3) is 0.449. The van der Waals surface area contributed by atoms with Crippen LogP contribution in [-0.4, -0.2) is 77.8 Å². The van der Waals surface area contributed by atoms with Crippen LogP contribution in [0.3, 0.4) is 0 Å². The van der Waals surface area contributed by atoms with E-state index in [9.17, 15) is 24.2 Å². The number of allylic oxidation sites excluding steroid dienone is 1. The van der Waals surface area contributed by atoms with Gasteiger partial charge in [-0.3, -0.25) is 4.90 Å². The van der Waals surface area contributed by atoms with Gasteiger partial charge in [-0.25, -0.2) is 14.0 Å². The second kappa shape index (κ2) is 22.6. The summed E-state index contributed by atoms with van der Waals surface area (Å²) in [6, 6.07) is 20.1. The van der Waals surface area contributed by atoms with Crippen LogP contribution in [-0.2, 0) is 27.5 Å². The van der Waals surface area contributed by atoms with Crippen molar-refractivity contribution in [3.05, 3.63) is 132 Å². The molecule has 2 amide bonds. The lowest BCUT2D eigenvalue weighted by Crippen LogP contribution is -2.70. The fourth-order valence-corrected chi connectivity index (χ4v) is 9.16. The van der Waals surface area contributed by atoms with Crippen molar-refractivity contribution in [2.45, 2.75) is 89.2 Å². The Bertz CT molecular complexity index is 2030. The number of nitrogens with zero attached hydrogens (tertiary/aromatic N) is 2. The van der Waals surface area contributed by atoms with E-state index in [2.05, 4.69) is 24.6 Å². The third-order valence-electron chi connectivity index (χ3n) is 11.8. The van der Waals surface area contributed by atoms with E-state index in [4.69, 9.17) is 28.9 Å². The Morgan fingerprint density at radius 3 is 2.45 bits per heavy atom. The number of aliphatic hydroxyl groups is 2. The van der Waals surface area contributed by atoms with E-state index >= 15 is 0 Å². The highest BCUT2D eigenvalue weighted by Gasteiger charge is 2.65. The van der Waals surface area contributed by atoms with Gasteiger partial charge in [-0.05, 0) is 97.9 Å². The predicted molar refractivity (Wildman–Crippen MR) is 234 cm³/mol. The third-order valence-corrected chi connectivity index (χ3v) is 11.8. The largest absolute Gasteiger partial charge is 0.459 e. The van der Waals surface area contributed by atoms with Crippen LogP contribution in [0.25, 0.3) is 0 Å². The van der Waals surface area contributed by atoms with Crippen LogP contribution in [0.15, 0.2) is 115 Å². The average molecular weight is 854 g/mol. The second-order valence-electron chi connectivity index (χ2n) is 15.9. The van der Waals surface area contributed by atoms with Crippen molar-refractivity contribution < 1.29 is 48.0 Å². The number of nitrogens with one attached hydrogen (secondary N) is 1. The lowest BCUT2D eigenvalue weighted by atomic mass is 9.55. The molecule has 1 heterocycles. The van der Waals surface area contributed by atoms with Crippen LogP contribution in [0.5, 0.6) is 11.5 Å². The van der Waals surface area contributed by atoms with Gasteiger partial charge in [-0.1, -0.05) is 78.7 Å². The van der Waals surface area contributed by atoms with E-state index in [0.717, 1.165) is 42.4 Å². The molecule has 1 saturated carbocycles. The number of aliphatic hydroxyl groups excluding tert-OH is 2. The maximum Gasteiger partial charge on any atom is 0.412 e. The van der Waals surface area contributed by atoms with Gasteiger partial charge in [0.15, 0.2) is 0 Å². The second-order valence-corrected chi connectivity index (χ2v) is 15.9. The SMILES string of the molecule is C=CCCOC(=O)N(Cc1ccc(F)cc1)C1CC(=NOCc2ccccc2)C2=CC(CCCCO)C(CCCCO)C3c4cc(OC(=O)NCC)ccc4OC1(OCC=C)C23. The molecule has 3 aromatic rings. The fourth-order valence-electron chi connectivity index (χ4n) is 9.16. The van der Waals surface area contributed by atoms with Crippen molar-refractivity contribution in [1.29, 1.82) is 0 Å². The standard InChI is InChI=1S/C49H60FN3O9/c1-4-7-28-58-48(57)53(32-34-19-21-37(50)22-20-34)44-31-42(52-60-33-35-15-9-8-10-16-35)40-29-36(17-11-13-25-54)39(18-12-14-26-55)45-41-30-38(61-47(56)51-6-3)23-24-43(41)62-49(44,46(40)45)59-27-5-2/h4-5,8-10,15-16,19-24,29-30,36,39,44-46,54-55H,1-2,6-7,11-14,17-18,25-28,31-33H2,3H3,(H,51,56). The molecule has 3 aliphatic rings. The van der Waals surface area contributed by atoms with Crippen LogP contribution in [0.4, 0.5) is 14.0 Å². The summed E-state index contributed by atoms with van der Waals surface area (Å²) >= 11 is 0. The van der Waals surface area contributed by atoms with Crippen molar-refractivity contribution >= 4 is 17.9 Å². The zero-order valence-electron chi connectivity index (χ0n) is 35.6. The number of halogens is 1. The molecule has 13 heteroatoms. The first-order valence-electron chi connectivity index (χ1n) is 21.8. The van der Waals surface area contributed by atoms with Gasteiger partial charge >= 0.3 is 12.2 Å². The molecule has 12 nitrogen and oxygen atoms in total. The smallest absolute Gasteiger partial charge is 0.412 e. The molecule has 1 aliphatic heterocycles. The quantitative estimate of drug-likeness (QED) is 0.0512.